The molecule has 3 aromatic rings. The van der Waals surface area contributed by atoms with E-state index in [0.29, 0.717) is 27.6 Å². The molecule has 0 spiro atoms. The largest absolute Gasteiger partial charge is 0.507 e. The number of benzene rings is 3. The van der Waals surface area contributed by atoms with Crippen molar-refractivity contribution in [1.82, 2.24) is 0 Å². The third kappa shape index (κ3) is 4.10. The summed E-state index contributed by atoms with van der Waals surface area (Å²) in [5.41, 5.74) is 5.10. The predicted octanol–water partition coefficient (Wildman–Crippen LogP) is 6.16. The molecule has 3 aromatic carbocycles. The lowest BCUT2D eigenvalue weighted by Crippen LogP contribution is -2.29. The van der Waals surface area contributed by atoms with Crippen LogP contribution in [0.25, 0.3) is 5.76 Å². The monoisotopic (exact) mass is 487 g/mol. The summed E-state index contributed by atoms with van der Waals surface area (Å²) in [7, 11) is 1.57. The third-order valence-electron chi connectivity index (χ3n) is 6.93. The summed E-state index contributed by atoms with van der Waals surface area (Å²) in [6.45, 7) is 1.87. The molecular weight excluding hydrogens is 462 g/mol. The SMILES string of the molecule is COc1ccc(C2/C(=C(/O)c3ccc4c(c3)CCCC4)C(=O)C(=O)N2c2ccc(C)c(Cl)c2)cc1. The van der Waals surface area contributed by atoms with Gasteiger partial charge in [-0.3, -0.25) is 14.5 Å². The van der Waals surface area contributed by atoms with E-state index in [1.54, 1.807) is 43.5 Å². The van der Waals surface area contributed by atoms with Gasteiger partial charge in [-0.1, -0.05) is 41.9 Å². The van der Waals surface area contributed by atoms with E-state index in [9.17, 15) is 14.7 Å². The summed E-state index contributed by atoms with van der Waals surface area (Å²) in [5.74, 6) is -0.944. The average molecular weight is 488 g/mol. The van der Waals surface area contributed by atoms with Crippen molar-refractivity contribution in [3.05, 3.63) is 99.1 Å². The van der Waals surface area contributed by atoms with Crippen LogP contribution in [0.3, 0.4) is 0 Å². The number of fused-ring (bicyclic) bond motifs is 1. The van der Waals surface area contributed by atoms with Crippen molar-refractivity contribution < 1.29 is 19.4 Å². The number of aliphatic hydroxyl groups is 1. The van der Waals surface area contributed by atoms with E-state index >= 15 is 0 Å². The molecule has 0 radical (unpaired) electrons. The van der Waals surface area contributed by atoms with E-state index in [1.807, 2.05) is 31.2 Å². The van der Waals surface area contributed by atoms with Crippen LogP contribution in [0, 0.1) is 6.92 Å². The Balaban J connectivity index is 1.69. The van der Waals surface area contributed by atoms with Gasteiger partial charge in [-0.05, 0) is 85.2 Å². The molecule has 178 valence electrons. The van der Waals surface area contributed by atoms with Crippen LogP contribution in [0.2, 0.25) is 5.02 Å². The van der Waals surface area contributed by atoms with Gasteiger partial charge in [-0.15, -0.1) is 0 Å². The van der Waals surface area contributed by atoms with E-state index in [4.69, 9.17) is 16.3 Å². The molecule has 1 aliphatic heterocycles. The molecule has 0 bridgehead atoms. The molecule has 1 aliphatic carbocycles. The van der Waals surface area contributed by atoms with Crippen LogP contribution in [0.1, 0.15) is 46.7 Å². The number of aryl methyl sites for hydroxylation is 3. The molecule has 35 heavy (non-hydrogen) atoms. The molecular formula is C29H26ClNO4. The summed E-state index contributed by atoms with van der Waals surface area (Å²) in [6.07, 6.45) is 4.21. The molecule has 1 N–H and O–H groups in total. The second-order valence-corrected chi connectivity index (χ2v) is 9.47. The molecule has 1 amide bonds. The maximum Gasteiger partial charge on any atom is 0.300 e. The molecule has 5 nitrogen and oxygen atoms in total. The number of halogens is 1. The first-order chi connectivity index (χ1) is 16.9. The minimum atomic E-state index is -0.810. The fraction of sp³-hybridized carbons (Fsp3) is 0.241. The number of methoxy groups -OCH3 is 1. The second kappa shape index (κ2) is 9.23. The molecule has 2 aliphatic rings. The van der Waals surface area contributed by atoms with Gasteiger partial charge in [0.2, 0.25) is 0 Å². The highest BCUT2D eigenvalue weighted by Crippen LogP contribution is 2.43. The van der Waals surface area contributed by atoms with Crippen molar-refractivity contribution in [2.24, 2.45) is 0 Å². The smallest absolute Gasteiger partial charge is 0.300 e. The van der Waals surface area contributed by atoms with Crippen molar-refractivity contribution >= 4 is 34.7 Å². The van der Waals surface area contributed by atoms with Crippen molar-refractivity contribution in [3.8, 4) is 5.75 Å². The molecule has 1 unspecified atom stereocenters. The minimum Gasteiger partial charge on any atom is -0.507 e. The Bertz CT molecular complexity index is 1360. The van der Waals surface area contributed by atoms with E-state index in [-0.39, 0.29) is 11.3 Å². The minimum absolute atomic E-state index is 0.0626. The van der Waals surface area contributed by atoms with Crippen LogP contribution >= 0.6 is 11.6 Å². The number of aliphatic hydroxyl groups excluding tert-OH is 1. The molecule has 1 atom stereocenters. The van der Waals surface area contributed by atoms with Crippen LogP contribution in [-0.2, 0) is 22.4 Å². The Morgan fingerprint density at radius 2 is 1.69 bits per heavy atom. The predicted molar refractivity (Wildman–Crippen MR) is 137 cm³/mol. The van der Waals surface area contributed by atoms with E-state index in [2.05, 4.69) is 0 Å². The van der Waals surface area contributed by atoms with E-state index in [1.165, 1.54) is 16.0 Å². The van der Waals surface area contributed by atoms with Gasteiger partial charge < -0.3 is 9.84 Å². The number of carbonyl (C=O) groups excluding carboxylic acids is 2. The first kappa shape index (κ1) is 23.2. The van der Waals surface area contributed by atoms with Crippen LogP contribution in [0.15, 0.2) is 66.2 Å². The number of rotatable bonds is 4. The average Bonchev–Trinajstić information content (AvgIpc) is 3.15. The second-order valence-electron chi connectivity index (χ2n) is 9.07. The quantitative estimate of drug-likeness (QED) is 0.272. The molecule has 6 heteroatoms. The summed E-state index contributed by atoms with van der Waals surface area (Å²) in [4.78, 5) is 28.2. The van der Waals surface area contributed by atoms with E-state index in [0.717, 1.165) is 31.2 Å². The third-order valence-corrected chi connectivity index (χ3v) is 7.34. The first-order valence-electron chi connectivity index (χ1n) is 11.7. The molecule has 1 saturated heterocycles. The number of Topliss-reactive ketones (excluding diaryl/α,β-unsaturated/α-hetero) is 1. The van der Waals surface area contributed by atoms with Crippen molar-refractivity contribution in [2.45, 2.75) is 38.6 Å². The maximum atomic E-state index is 13.4. The van der Waals surface area contributed by atoms with E-state index < -0.39 is 17.7 Å². The van der Waals surface area contributed by atoms with Gasteiger partial charge in [-0.25, -0.2) is 0 Å². The molecule has 0 aromatic heterocycles. The molecule has 1 fully saturated rings. The zero-order valence-electron chi connectivity index (χ0n) is 19.7. The van der Waals surface area contributed by atoms with Gasteiger partial charge in [0.25, 0.3) is 11.7 Å². The maximum absolute atomic E-state index is 13.4. The summed E-state index contributed by atoms with van der Waals surface area (Å²) < 4.78 is 5.28. The Hall–Kier alpha value is -3.57. The highest BCUT2D eigenvalue weighted by atomic mass is 35.5. The zero-order valence-corrected chi connectivity index (χ0v) is 20.4. The number of hydrogen-bond acceptors (Lipinski definition) is 4. The van der Waals surface area contributed by atoms with Crippen LogP contribution in [0.5, 0.6) is 5.75 Å². The molecule has 5 rings (SSSR count). The van der Waals surface area contributed by atoms with Gasteiger partial charge in [0.05, 0.1) is 18.7 Å². The zero-order chi connectivity index (χ0) is 24.7. The standard InChI is InChI=1S/C29H26ClNO4/c1-17-7-12-22(16-24(17)30)31-26(19-10-13-23(35-2)14-11-19)25(28(33)29(31)34)27(32)21-9-8-18-5-3-4-6-20(18)15-21/h7-16,26,32H,3-6H2,1-2H3/b27-25-. The topological polar surface area (TPSA) is 66.8 Å². The Kier molecular flexibility index (Phi) is 6.12. The fourth-order valence-corrected chi connectivity index (χ4v) is 5.14. The summed E-state index contributed by atoms with van der Waals surface area (Å²) >= 11 is 6.37. The van der Waals surface area contributed by atoms with Gasteiger partial charge in [0.15, 0.2) is 0 Å². The lowest BCUT2D eigenvalue weighted by atomic mass is 9.88. The first-order valence-corrected chi connectivity index (χ1v) is 12.1. The Morgan fingerprint density at radius 1 is 0.971 bits per heavy atom. The number of nitrogens with zero attached hydrogens (tertiary/aromatic N) is 1. The lowest BCUT2D eigenvalue weighted by molar-refractivity contribution is -0.132. The highest BCUT2D eigenvalue weighted by Gasteiger charge is 2.47. The molecule has 1 heterocycles. The van der Waals surface area contributed by atoms with Gasteiger partial charge >= 0.3 is 0 Å². The number of carbonyl (C=O) groups is 2. The van der Waals surface area contributed by atoms with Gasteiger partial charge in [0.1, 0.15) is 11.5 Å². The van der Waals surface area contributed by atoms with Crippen LogP contribution in [-0.4, -0.2) is 23.9 Å². The summed E-state index contributed by atoms with van der Waals surface area (Å²) in [6, 6.07) is 17.4. The normalized spacial score (nSPS) is 19.1. The highest BCUT2D eigenvalue weighted by molar-refractivity contribution is 6.51. The van der Waals surface area contributed by atoms with Gasteiger partial charge in [-0.2, -0.15) is 0 Å². The summed E-state index contributed by atoms with van der Waals surface area (Å²) in [5, 5.41) is 11.9. The lowest BCUT2D eigenvalue weighted by Gasteiger charge is -2.26. The number of ketones is 1. The number of anilines is 1. The van der Waals surface area contributed by atoms with Crippen molar-refractivity contribution in [1.29, 1.82) is 0 Å². The number of amides is 1. The fourth-order valence-electron chi connectivity index (χ4n) is 4.97. The number of ether oxygens (including phenoxy) is 1. The molecule has 0 saturated carbocycles. The Labute approximate surface area is 209 Å². The van der Waals surface area contributed by atoms with Gasteiger partial charge in [0, 0.05) is 16.3 Å². The van der Waals surface area contributed by atoms with Crippen molar-refractivity contribution in [3.63, 3.8) is 0 Å². The number of hydrogen-bond donors (Lipinski definition) is 1. The van der Waals surface area contributed by atoms with Crippen molar-refractivity contribution in [2.75, 3.05) is 12.0 Å². The van der Waals surface area contributed by atoms with Crippen LogP contribution in [0.4, 0.5) is 5.69 Å². The van der Waals surface area contributed by atoms with Crippen LogP contribution < -0.4 is 9.64 Å². The Morgan fingerprint density at radius 3 is 2.37 bits per heavy atom.